The number of rotatable bonds is 1. The van der Waals surface area contributed by atoms with E-state index < -0.39 is 0 Å². The molecule has 0 fully saturated rings. The minimum atomic E-state index is 0.331. The summed E-state index contributed by atoms with van der Waals surface area (Å²) in [5.41, 5.74) is 1.28. The lowest BCUT2D eigenvalue weighted by Gasteiger charge is -1.95. The first-order valence-electron chi connectivity index (χ1n) is 4.59. The summed E-state index contributed by atoms with van der Waals surface area (Å²) >= 11 is 5.90. The zero-order valence-electron chi connectivity index (χ0n) is 8.37. The van der Waals surface area contributed by atoms with Gasteiger partial charge in [0, 0.05) is 25.6 Å². The maximum absolute atomic E-state index is 5.90. The predicted octanol–water partition coefficient (Wildman–Crippen LogP) is 1.18. The lowest BCUT2D eigenvalue weighted by Crippen LogP contribution is -1.91. The zero-order chi connectivity index (χ0) is 11.1. The maximum atomic E-state index is 5.90. The molecule has 0 bridgehead atoms. The van der Waals surface area contributed by atoms with Crippen LogP contribution >= 0.6 is 11.6 Å². The number of hydrogen-bond donors (Lipinski definition) is 0. The molecule has 6 nitrogen and oxygen atoms in total. The Labute approximate surface area is 95.5 Å². The maximum Gasteiger partial charge on any atom is 0.198 e. The van der Waals surface area contributed by atoms with Crippen molar-refractivity contribution in [1.29, 1.82) is 0 Å². The van der Waals surface area contributed by atoms with Crippen LogP contribution < -0.4 is 0 Å². The Bertz CT molecular complexity index is 655. The smallest absolute Gasteiger partial charge is 0.198 e. The van der Waals surface area contributed by atoms with Crippen molar-refractivity contribution >= 4 is 17.2 Å². The van der Waals surface area contributed by atoms with Crippen LogP contribution in [0, 0.1) is 0 Å². The molecule has 0 aromatic carbocycles. The largest absolute Gasteiger partial charge is 0.340 e. The van der Waals surface area contributed by atoms with Crippen molar-refractivity contribution in [2.24, 2.45) is 7.05 Å². The molecule has 3 aromatic heterocycles. The second-order valence-corrected chi connectivity index (χ2v) is 3.72. The van der Waals surface area contributed by atoms with Crippen LogP contribution in [0.25, 0.3) is 17.2 Å². The van der Waals surface area contributed by atoms with Gasteiger partial charge in [0.2, 0.25) is 0 Å². The minimum absolute atomic E-state index is 0.331. The van der Waals surface area contributed by atoms with Gasteiger partial charge in [0.1, 0.15) is 5.69 Å². The molecule has 0 aliphatic heterocycles. The highest BCUT2D eigenvalue weighted by Crippen LogP contribution is 2.18. The van der Waals surface area contributed by atoms with E-state index >= 15 is 0 Å². The van der Waals surface area contributed by atoms with Gasteiger partial charge in [-0.3, -0.25) is 4.40 Å². The molecule has 7 heteroatoms. The molecule has 0 aliphatic rings. The minimum Gasteiger partial charge on any atom is -0.340 e. The number of halogens is 1. The number of hydrogen-bond acceptors (Lipinski definition) is 4. The van der Waals surface area contributed by atoms with E-state index in [9.17, 15) is 0 Å². The standard InChI is InChI=1S/C9H7ClN6/c1-15-4-6(12-5-15)8-13-14-9-7(10)11-2-3-16(8)9/h2-5H,1H3. The summed E-state index contributed by atoms with van der Waals surface area (Å²) in [5, 5.41) is 8.36. The van der Waals surface area contributed by atoms with Gasteiger partial charge in [-0.15, -0.1) is 10.2 Å². The van der Waals surface area contributed by atoms with Crippen molar-refractivity contribution in [1.82, 2.24) is 29.1 Å². The van der Waals surface area contributed by atoms with E-state index in [4.69, 9.17) is 11.6 Å². The number of fused-ring (bicyclic) bond motifs is 1. The lowest BCUT2D eigenvalue weighted by molar-refractivity contribution is 0.913. The monoisotopic (exact) mass is 234 g/mol. The van der Waals surface area contributed by atoms with E-state index in [1.54, 1.807) is 23.1 Å². The SMILES string of the molecule is Cn1cnc(-c2nnc3c(Cl)nccn23)c1. The van der Waals surface area contributed by atoms with Crippen LogP contribution in [0.2, 0.25) is 5.15 Å². The van der Waals surface area contributed by atoms with E-state index in [0.717, 1.165) is 5.69 Å². The molecule has 0 spiro atoms. The molecule has 0 amide bonds. The third-order valence-corrected chi connectivity index (χ3v) is 2.48. The van der Waals surface area contributed by atoms with Gasteiger partial charge in [-0.25, -0.2) is 9.97 Å². The summed E-state index contributed by atoms with van der Waals surface area (Å²) in [6.45, 7) is 0. The highest BCUT2D eigenvalue weighted by atomic mass is 35.5. The van der Waals surface area contributed by atoms with E-state index in [1.807, 2.05) is 17.8 Å². The van der Waals surface area contributed by atoms with Crippen LogP contribution in [0.15, 0.2) is 24.9 Å². The molecule has 3 rings (SSSR count). The molecule has 0 saturated heterocycles. The van der Waals surface area contributed by atoms with Crippen LogP contribution in [0.4, 0.5) is 0 Å². The fraction of sp³-hybridized carbons (Fsp3) is 0.111. The van der Waals surface area contributed by atoms with Gasteiger partial charge < -0.3 is 4.57 Å². The summed E-state index contributed by atoms with van der Waals surface area (Å²) < 4.78 is 3.61. The van der Waals surface area contributed by atoms with Gasteiger partial charge in [0.15, 0.2) is 16.6 Å². The first-order chi connectivity index (χ1) is 7.75. The molecule has 0 N–H and O–H groups in total. The molecule has 3 heterocycles. The second kappa shape index (κ2) is 3.28. The summed E-state index contributed by atoms with van der Waals surface area (Å²) in [6.07, 6.45) is 6.93. The third kappa shape index (κ3) is 1.27. The molecular weight excluding hydrogens is 228 g/mol. The third-order valence-electron chi connectivity index (χ3n) is 2.22. The van der Waals surface area contributed by atoms with E-state index in [0.29, 0.717) is 16.6 Å². The number of imidazole rings is 1. The van der Waals surface area contributed by atoms with Gasteiger partial charge in [-0.05, 0) is 0 Å². The quantitative estimate of drug-likeness (QED) is 0.634. The van der Waals surface area contributed by atoms with Gasteiger partial charge in [-0.1, -0.05) is 11.6 Å². The van der Waals surface area contributed by atoms with Gasteiger partial charge in [0.05, 0.1) is 6.33 Å². The van der Waals surface area contributed by atoms with E-state index in [1.165, 1.54) is 0 Å². The normalized spacial score (nSPS) is 11.1. The van der Waals surface area contributed by atoms with Gasteiger partial charge in [0.25, 0.3) is 0 Å². The summed E-state index contributed by atoms with van der Waals surface area (Å²) in [7, 11) is 1.90. The van der Waals surface area contributed by atoms with Crippen molar-refractivity contribution in [3.63, 3.8) is 0 Å². The summed E-state index contributed by atoms with van der Waals surface area (Å²) in [6, 6.07) is 0. The molecule has 16 heavy (non-hydrogen) atoms. The Kier molecular flexibility index (Phi) is 1.90. The Morgan fingerprint density at radius 3 is 2.88 bits per heavy atom. The fourth-order valence-electron chi connectivity index (χ4n) is 1.50. The summed E-state index contributed by atoms with van der Waals surface area (Å²) in [4.78, 5) is 8.15. The van der Waals surface area contributed by atoms with Crippen LogP contribution in [-0.4, -0.2) is 29.1 Å². The van der Waals surface area contributed by atoms with Gasteiger partial charge >= 0.3 is 0 Å². The molecule has 0 saturated carbocycles. The van der Waals surface area contributed by atoms with Crippen molar-refractivity contribution < 1.29 is 0 Å². The molecule has 0 atom stereocenters. The first-order valence-corrected chi connectivity index (χ1v) is 4.97. The number of aromatic nitrogens is 6. The van der Waals surface area contributed by atoms with Crippen molar-refractivity contribution in [2.45, 2.75) is 0 Å². The second-order valence-electron chi connectivity index (χ2n) is 3.36. The van der Waals surface area contributed by atoms with Crippen LogP contribution in [-0.2, 0) is 7.05 Å². The molecular formula is C9H7ClN6. The molecule has 3 aromatic rings. The Morgan fingerprint density at radius 2 is 2.12 bits per heavy atom. The highest BCUT2D eigenvalue weighted by Gasteiger charge is 2.12. The first kappa shape index (κ1) is 9.29. The lowest BCUT2D eigenvalue weighted by atomic mass is 10.4. The fourth-order valence-corrected chi connectivity index (χ4v) is 1.68. The molecule has 0 unspecified atom stereocenters. The Hall–Kier alpha value is -1.95. The zero-order valence-corrected chi connectivity index (χ0v) is 9.13. The number of aryl methyl sites for hydroxylation is 1. The van der Waals surface area contributed by atoms with Crippen LogP contribution in [0.5, 0.6) is 0 Å². The average Bonchev–Trinajstić information content (AvgIpc) is 2.84. The predicted molar refractivity (Wildman–Crippen MR) is 58.0 cm³/mol. The van der Waals surface area contributed by atoms with Crippen molar-refractivity contribution in [3.8, 4) is 11.5 Å². The van der Waals surface area contributed by atoms with Crippen molar-refractivity contribution in [3.05, 3.63) is 30.1 Å². The van der Waals surface area contributed by atoms with Crippen LogP contribution in [0.3, 0.4) is 0 Å². The Balaban J connectivity index is 2.29. The van der Waals surface area contributed by atoms with Gasteiger partial charge in [-0.2, -0.15) is 0 Å². The van der Waals surface area contributed by atoms with E-state index in [-0.39, 0.29) is 0 Å². The Morgan fingerprint density at radius 1 is 1.25 bits per heavy atom. The topological polar surface area (TPSA) is 60.9 Å². The highest BCUT2D eigenvalue weighted by molar-refractivity contribution is 6.32. The molecule has 0 radical (unpaired) electrons. The summed E-state index contributed by atoms with van der Waals surface area (Å²) in [5.74, 6) is 0.653. The van der Waals surface area contributed by atoms with Crippen molar-refractivity contribution in [2.75, 3.05) is 0 Å². The van der Waals surface area contributed by atoms with E-state index in [2.05, 4.69) is 20.2 Å². The number of nitrogens with zero attached hydrogens (tertiary/aromatic N) is 6. The van der Waals surface area contributed by atoms with Crippen LogP contribution in [0.1, 0.15) is 0 Å². The molecule has 0 aliphatic carbocycles. The average molecular weight is 235 g/mol. The molecule has 80 valence electrons.